The minimum atomic E-state index is -0.968. The zero-order chi connectivity index (χ0) is 47.3. The number of nitrogens with zero attached hydrogens (tertiary/aromatic N) is 1. The zero-order valence-electron chi connectivity index (χ0n) is 38.1. The number of hydrogen-bond acceptors (Lipinski definition) is 2. The first-order chi connectivity index (χ1) is 34.3. The summed E-state index contributed by atoms with van der Waals surface area (Å²) in [6.07, 6.45) is 1.79. The van der Waals surface area contributed by atoms with Crippen LogP contribution in [-0.2, 0) is 10.8 Å². The van der Waals surface area contributed by atoms with Crippen LogP contribution in [0.5, 0.6) is 11.5 Å². The molecule has 0 saturated carbocycles. The normalized spacial score (nSPS) is 16.5. The minimum absolute atomic E-state index is 0.0676. The molecule has 0 amide bonds. The van der Waals surface area contributed by atoms with Crippen LogP contribution in [0.4, 0.5) is 30.2 Å². The maximum Gasteiger partial charge on any atom is 0.147 e. The fraction of sp³-hybridized carbons (Fsp3) is 0.0462. The Kier molecular flexibility index (Phi) is 9.31. The third-order valence-corrected chi connectivity index (χ3v) is 14.8. The van der Waals surface area contributed by atoms with Crippen LogP contribution in [0.25, 0.3) is 39.5 Å². The van der Waals surface area contributed by atoms with Crippen molar-refractivity contribution in [3.05, 3.63) is 298 Å². The number of rotatable bonds is 8. The second-order valence-electron chi connectivity index (χ2n) is 18.5. The molecular formula is C65H42F3NO. The first-order valence-electron chi connectivity index (χ1n) is 23.5. The van der Waals surface area contributed by atoms with Gasteiger partial charge < -0.3 is 9.64 Å². The van der Waals surface area contributed by atoms with Gasteiger partial charge in [0.15, 0.2) is 0 Å². The molecule has 334 valence electrons. The van der Waals surface area contributed by atoms with Crippen LogP contribution < -0.4 is 9.64 Å². The van der Waals surface area contributed by atoms with Crippen molar-refractivity contribution in [3.63, 3.8) is 0 Å². The van der Waals surface area contributed by atoms with E-state index in [1.165, 1.54) is 52.1 Å². The summed E-state index contributed by atoms with van der Waals surface area (Å²) in [6, 6.07) is 70.9. The number of halogens is 3. The average molecular weight is 910 g/mol. The zero-order valence-corrected chi connectivity index (χ0v) is 38.1. The Labute approximate surface area is 404 Å². The standard InChI is InChI=1S/C65H42F3NO/c1-3-41-17-28-48(29-18-41)70-49-30-21-43(22-31-49)64(42-19-23-44(66)24-20-42)56-13-7-4-10-50(56)54-33-26-46(38-60(54)64)69(63-37-45(67)25-35-62(63)68)47-27-34-55-52-12-6-9-15-58(52)65(61(55)39-47)57-14-8-5-11-51(57)53-32-16-40(2)36-59(53)65/h3-39H,1H2,2H3. The predicted octanol–water partition coefficient (Wildman–Crippen LogP) is 17.0. The third-order valence-electron chi connectivity index (χ3n) is 14.8. The highest BCUT2D eigenvalue weighted by Crippen LogP contribution is 2.64. The van der Waals surface area contributed by atoms with E-state index in [1.54, 1.807) is 6.08 Å². The van der Waals surface area contributed by atoms with E-state index in [4.69, 9.17) is 4.74 Å². The number of benzene rings is 10. The molecule has 5 heteroatoms. The minimum Gasteiger partial charge on any atom is -0.457 e. The van der Waals surface area contributed by atoms with Crippen molar-refractivity contribution < 1.29 is 17.9 Å². The van der Waals surface area contributed by atoms with Crippen molar-refractivity contribution in [2.45, 2.75) is 17.8 Å². The van der Waals surface area contributed by atoms with Crippen molar-refractivity contribution in [3.8, 4) is 44.9 Å². The second kappa shape index (κ2) is 15.7. The van der Waals surface area contributed by atoms with Gasteiger partial charge in [-0.1, -0.05) is 158 Å². The van der Waals surface area contributed by atoms with E-state index in [0.717, 1.165) is 67.3 Å². The lowest BCUT2D eigenvalue weighted by Gasteiger charge is -2.35. The summed E-state index contributed by atoms with van der Waals surface area (Å²) in [5, 5.41) is 0. The summed E-state index contributed by atoms with van der Waals surface area (Å²) in [4.78, 5) is 1.85. The van der Waals surface area contributed by atoms with E-state index in [1.807, 2.05) is 77.7 Å². The highest BCUT2D eigenvalue weighted by molar-refractivity contribution is 5.97. The summed E-state index contributed by atoms with van der Waals surface area (Å²) in [7, 11) is 0. The Morgan fingerprint density at radius 1 is 0.414 bits per heavy atom. The Hall–Kier alpha value is -8.67. The molecule has 0 fully saturated rings. The molecule has 0 radical (unpaired) electrons. The molecule has 70 heavy (non-hydrogen) atoms. The first kappa shape index (κ1) is 41.5. The number of hydrogen-bond donors (Lipinski definition) is 0. The SMILES string of the molecule is C=Cc1ccc(Oc2ccc(C3(c4ccc(F)cc4)c4ccccc4-c4ccc(N(c5ccc6c(c5)C5(c7ccccc7-c7ccc(C)cc75)c5ccccc5-6)c5cc(F)ccc5F)cc43)cc2)cc1. The molecule has 0 heterocycles. The van der Waals surface area contributed by atoms with E-state index < -0.39 is 22.5 Å². The molecule has 0 N–H and O–H groups in total. The van der Waals surface area contributed by atoms with Gasteiger partial charge in [-0.2, -0.15) is 0 Å². The summed E-state index contributed by atoms with van der Waals surface area (Å²) >= 11 is 0. The number of fused-ring (bicyclic) bond motifs is 13. The molecule has 1 spiro atoms. The summed E-state index contributed by atoms with van der Waals surface area (Å²) in [6.45, 7) is 6.00. The lowest BCUT2D eigenvalue weighted by atomic mass is 9.67. The van der Waals surface area contributed by atoms with E-state index >= 15 is 8.78 Å². The van der Waals surface area contributed by atoms with Gasteiger partial charge in [0, 0.05) is 17.4 Å². The third kappa shape index (κ3) is 5.94. The molecule has 2 nitrogen and oxygen atoms in total. The van der Waals surface area contributed by atoms with Crippen LogP contribution in [0, 0.1) is 24.4 Å². The van der Waals surface area contributed by atoms with E-state index in [9.17, 15) is 4.39 Å². The van der Waals surface area contributed by atoms with Gasteiger partial charge in [-0.3, -0.25) is 0 Å². The largest absolute Gasteiger partial charge is 0.457 e. The van der Waals surface area contributed by atoms with Crippen molar-refractivity contribution >= 4 is 23.1 Å². The topological polar surface area (TPSA) is 12.5 Å². The smallest absolute Gasteiger partial charge is 0.147 e. The van der Waals surface area contributed by atoms with Crippen LogP contribution in [0.1, 0.15) is 55.6 Å². The van der Waals surface area contributed by atoms with Gasteiger partial charge in [0.25, 0.3) is 0 Å². The number of anilines is 3. The van der Waals surface area contributed by atoms with E-state index in [2.05, 4.69) is 129 Å². The molecule has 2 atom stereocenters. The lowest BCUT2D eigenvalue weighted by molar-refractivity contribution is 0.482. The molecule has 3 aliphatic carbocycles. The van der Waals surface area contributed by atoms with Crippen LogP contribution >= 0.6 is 0 Å². The van der Waals surface area contributed by atoms with Gasteiger partial charge in [0.05, 0.1) is 16.5 Å². The average Bonchev–Trinajstić information content (AvgIpc) is 3.97. The van der Waals surface area contributed by atoms with Gasteiger partial charge in [0.2, 0.25) is 0 Å². The molecule has 13 rings (SSSR count). The molecule has 0 aromatic heterocycles. The van der Waals surface area contributed by atoms with Crippen LogP contribution in [0.2, 0.25) is 0 Å². The second-order valence-corrected chi connectivity index (χ2v) is 18.5. The van der Waals surface area contributed by atoms with Crippen LogP contribution in [-0.4, -0.2) is 0 Å². The van der Waals surface area contributed by atoms with Gasteiger partial charge in [0.1, 0.15) is 29.0 Å². The molecule has 2 unspecified atom stereocenters. The molecular weight excluding hydrogens is 868 g/mol. The van der Waals surface area contributed by atoms with Crippen molar-refractivity contribution in [1.82, 2.24) is 0 Å². The Morgan fingerprint density at radius 3 is 1.41 bits per heavy atom. The lowest BCUT2D eigenvalue weighted by Crippen LogP contribution is -2.29. The molecule has 10 aromatic rings. The maximum absolute atomic E-state index is 16.8. The summed E-state index contributed by atoms with van der Waals surface area (Å²) in [5.74, 6) is -0.145. The van der Waals surface area contributed by atoms with Gasteiger partial charge in [-0.15, -0.1) is 0 Å². The fourth-order valence-electron chi connectivity index (χ4n) is 11.9. The van der Waals surface area contributed by atoms with Crippen LogP contribution in [0.3, 0.4) is 0 Å². The molecule has 3 aliphatic rings. The molecule has 0 bridgehead atoms. The van der Waals surface area contributed by atoms with Crippen LogP contribution in [0.15, 0.2) is 225 Å². The monoisotopic (exact) mass is 909 g/mol. The molecule has 0 aliphatic heterocycles. The van der Waals surface area contributed by atoms with Crippen molar-refractivity contribution in [2.75, 3.05) is 4.90 Å². The highest BCUT2D eigenvalue weighted by atomic mass is 19.1. The molecule has 10 aromatic carbocycles. The number of aryl methyl sites for hydroxylation is 1. The van der Waals surface area contributed by atoms with Gasteiger partial charge >= 0.3 is 0 Å². The Morgan fingerprint density at radius 2 is 0.857 bits per heavy atom. The first-order valence-corrected chi connectivity index (χ1v) is 23.5. The van der Waals surface area contributed by atoms with Gasteiger partial charge in [-0.05, 0) is 163 Å². The van der Waals surface area contributed by atoms with E-state index in [-0.39, 0.29) is 11.5 Å². The summed E-state index contributed by atoms with van der Waals surface area (Å²) in [5.41, 5.74) is 16.8. The van der Waals surface area contributed by atoms with Crippen molar-refractivity contribution in [1.29, 1.82) is 0 Å². The highest BCUT2D eigenvalue weighted by Gasteiger charge is 2.52. The Balaban J connectivity index is 1.04. The van der Waals surface area contributed by atoms with E-state index in [0.29, 0.717) is 22.9 Å². The summed E-state index contributed by atoms with van der Waals surface area (Å²) < 4.78 is 53.8. The molecule has 0 saturated heterocycles. The number of ether oxygens (including phenoxy) is 1. The predicted molar refractivity (Wildman–Crippen MR) is 276 cm³/mol. The maximum atomic E-state index is 16.8. The Bertz CT molecular complexity index is 3750. The fourth-order valence-corrected chi connectivity index (χ4v) is 11.9. The quantitative estimate of drug-likeness (QED) is 0.151. The van der Waals surface area contributed by atoms with Gasteiger partial charge in [-0.25, -0.2) is 13.2 Å². The van der Waals surface area contributed by atoms with Crippen molar-refractivity contribution in [2.24, 2.45) is 0 Å².